The number of nitrogens with zero attached hydrogens (tertiary/aromatic N) is 3. The zero-order chi connectivity index (χ0) is 20.4. The molecule has 0 fully saturated rings. The van der Waals surface area contributed by atoms with Gasteiger partial charge in [0.05, 0.1) is 19.3 Å². The summed E-state index contributed by atoms with van der Waals surface area (Å²) in [6, 6.07) is 13.6. The topological polar surface area (TPSA) is 50.5 Å². The van der Waals surface area contributed by atoms with E-state index in [1.807, 2.05) is 18.2 Å². The summed E-state index contributed by atoms with van der Waals surface area (Å²) >= 11 is 12.5. The quantitative estimate of drug-likeness (QED) is 0.631. The Morgan fingerprint density at radius 2 is 1.90 bits per heavy atom. The molecule has 2 aromatic carbocycles. The van der Waals surface area contributed by atoms with E-state index in [1.165, 1.54) is 5.56 Å². The van der Waals surface area contributed by atoms with Crippen molar-refractivity contribution in [3.05, 3.63) is 80.8 Å². The Morgan fingerprint density at radius 1 is 1.10 bits per heavy atom. The number of ether oxygens (including phenoxy) is 1. The summed E-state index contributed by atoms with van der Waals surface area (Å²) in [5.41, 5.74) is 4.35. The van der Waals surface area contributed by atoms with Gasteiger partial charge in [-0.2, -0.15) is 0 Å². The number of fused-ring (bicyclic) bond motifs is 1. The maximum Gasteiger partial charge on any atom is 0.135 e. The van der Waals surface area contributed by atoms with E-state index < -0.39 is 0 Å². The fraction of sp³-hybridized carbons (Fsp3) is 0.318. The average molecular weight is 432 g/mol. The zero-order valence-electron chi connectivity index (χ0n) is 16.2. The predicted molar refractivity (Wildman–Crippen MR) is 115 cm³/mol. The normalized spacial score (nSPS) is 14.1. The Morgan fingerprint density at radius 3 is 2.62 bits per heavy atom. The van der Waals surface area contributed by atoms with Crippen molar-refractivity contribution in [3.8, 4) is 5.75 Å². The van der Waals surface area contributed by atoms with E-state index in [9.17, 15) is 5.11 Å². The maximum absolute atomic E-state index is 9.85. The molecule has 0 amide bonds. The second kappa shape index (κ2) is 8.76. The van der Waals surface area contributed by atoms with Crippen LogP contribution in [0.4, 0.5) is 0 Å². The summed E-state index contributed by atoms with van der Waals surface area (Å²) in [4.78, 5) is 7.08. The summed E-state index contributed by atoms with van der Waals surface area (Å²) in [5, 5.41) is 11.2. The van der Waals surface area contributed by atoms with Gasteiger partial charge in [0.1, 0.15) is 18.2 Å². The van der Waals surface area contributed by atoms with Crippen LogP contribution in [0.1, 0.15) is 28.3 Å². The molecule has 0 saturated carbocycles. The van der Waals surface area contributed by atoms with E-state index in [0.717, 1.165) is 48.8 Å². The molecule has 1 aliphatic heterocycles. The lowest BCUT2D eigenvalue weighted by atomic mass is 10.1. The van der Waals surface area contributed by atoms with E-state index >= 15 is 0 Å². The second-order valence-corrected chi connectivity index (χ2v) is 8.05. The van der Waals surface area contributed by atoms with Crippen LogP contribution in [0.5, 0.6) is 5.75 Å². The third kappa shape index (κ3) is 4.43. The molecule has 0 aliphatic carbocycles. The van der Waals surface area contributed by atoms with Gasteiger partial charge in [-0.25, -0.2) is 4.98 Å². The molecule has 1 aromatic heterocycles. The van der Waals surface area contributed by atoms with Crippen molar-refractivity contribution in [2.75, 3.05) is 13.7 Å². The molecule has 3 aromatic rings. The molecule has 0 saturated heterocycles. The highest BCUT2D eigenvalue weighted by Gasteiger charge is 2.24. The molecule has 7 heteroatoms. The van der Waals surface area contributed by atoms with Gasteiger partial charge >= 0.3 is 0 Å². The molecule has 29 heavy (non-hydrogen) atoms. The summed E-state index contributed by atoms with van der Waals surface area (Å²) in [5.74, 6) is 1.53. The largest absolute Gasteiger partial charge is 0.497 e. The minimum atomic E-state index is -0.107. The molecule has 1 aliphatic rings. The van der Waals surface area contributed by atoms with Gasteiger partial charge in [0.2, 0.25) is 0 Å². The van der Waals surface area contributed by atoms with Crippen molar-refractivity contribution in [3.63, 3.8) is 0 Å². The number of imidazole rings is 1. The average Bonchev–Trinajstić information content (AvgIpc) is 3.08. The molecule has 152 valence electrons. The maximum atomic E-state index is 9.85. The van der Waals surface area contributed by atoms with E-state index in [0.29, 0.717) is 22.4 Å². The number of aliphatic hydroxyl groups is 1. The van der Waals surface area contributed by atoms with Crippen LogP contribution in [0.15, 0.2) is 42.5 Å². The van der Waals surface area contributed by atoms with E-state index in [4.69, 9.17) is 32.9 Å². The predicted octanol–water partition coefficient (Wildman–Crippen LogP) is 4.30. The highest BCUT2D eigenvalue weighted by Crippen LogP contribution is 2.27. The number of aliphatic hydroxyl groups excluding tert-OH is 1. The van der Waals surface area contributed by atoms with Crippen molar-refractivity contribution in [1.82, 2.24) is 14.5 Å². The minimum Gasteiger partial charge on any atom is -0.497 e. The van der Waals surface area contributed by atoms with Gasteiger partial charge in [-0.05, 0) is 41.5 Å². The third-order valence-electron chi connectivity index (χ3n) is 5.32. The van der Waals surface area contributed by atoms with Crippen molar-refractivity contribution in [2.45, 2.75) is 32.7 Å². The summed E-state index contributed by atoms with van der Waals surface area (Å²) in [6.07, 6.45) is 0.872. The molecule has 1 N–H and O–H groups in total. The molecule has 2 heterocycles. The number of halogens is 2. The molecule has 5 nitrogen and oxygen atoms in total. The molecular weight excluding hydrogens is 409 g/mol. The molecular formula is C22H23Cl2N3O2. The Bertz CT molecular complexity index is 1000. The summed E-state index contributed by atoms with van der Waals surface area (Å²) < 4.78 is 7.31. The monoisotopic (exact) mass is 431 g/mol. The number of rotatable bonds is 6. The minimum absolute atomic E-state index is 0.107. The Kier molecular flexibility index (Phi) is 6.11. The van der Waals surface area contributed by atoms with Crippen molar-refractivity contribution < 1.29 is 9.84 Å². The number of hydrogen-bond donors (Lipinski definition) is 1. The SMILES string of the molecule is COc1ccc(CN2CCc3c(nc(CO)n3Cc3cc(Cl)ccc3Cl)C2)cc1. The highest BCUT2D eigenvalue weighted by molar-refractivity contribution is 6.33. The molecule has 0 spiro atoms. The fourth-order valence-corrected chi connectivity index (χ4v) is 4.19. The molecule has 0 atom stereocenters. The van der Waals surface area contributed by atoms with Gasteiger partial charge in [-0.1, -0.05) is 35.3 Å². The smallest absolute Gasteiger partial charge is 0.135 e. The first-order valence-corrected chi connectivity index (χ1v) is 10.3. The second-order valence-electron chi connectivity index (χ2n) is 7.21. The van der Waals surface area contributed by atoms with Crippen LogP contribution in [0.2, 0.25) is 10.0 Å². The van der Waals surface area contributed by atoms with Crippen LogP contribution in [-0.4, -0.2) is 33.2 Å². The first-order chi connectivity index (χ1) is 14.1. The Labute approximate surface area is 180 Å². The number of methoxy groups -OCH3 is 1. The van der Waals surface area contributed by atoms with Crippen molar-refractivity contribution in [2.24, 2.45) is 0 Å². The molecule has 0 unspecified atom stereocenters. The number of hydrogen-bond acceptors (Lipinski definition) is 4. The van der Waals surface area contributed by atoms with Gasteiger partial charge in [0, 0.05) is 41.8 Å². The lowest BCUT2D eigenvalue weighted by Gasteiger charge is -2.27. The highest BCUT2D eigenvalue weighted by atomic mass is 35.5. The number of aromatic nitrogens is 2. The Hall–Kier alpha value is -2.05. The summed E-state index contributed by atoms with van der Waals surface area (Å²) in [7, 11) is 1.67. The summed E-state index contributed by atoms with van der Waals surface area (Å²) in [6.45, 7) is 2.98. The van der Waals surface area contributed by atoms with Crippen LogP contribution in [-0.2, 0) is 32.7 Å². The van der Waals surface area contributed by atoms with Crippen LogP contribution < -0.4 is 4.74 Å². The van der Waals surface area contributed by atoms with E-state index in [2.05, 4.69) is 21.6 Å². The van der Waals surface area contributed by atoms with Crippen LogP contribution in [0.25, 0.3) is 0 Å². The lowest BCUT2D eigenvalue weighted by Crippen LogP contribution is -2.31. The number of benzene rings is 2. The molecule has 0 bridgehead atoms. The van der Waals surface area contributed by atoms with Gasteiger partial charge in [0.15, 0.2) is 0 Å². The van der Waals surface area contributed by atoms with Gasteiger partial charge in [-0.15, -0.1) is 0 Å². The fourth-order valence-electron chi connectivity index (χ4n) is 3.82. The van der Waals surface area contributed by atoms with Gasteiger partial charge in [-0.3, -0.25) is 4.90 Å². The van der Waals surface area contributed by atoms with Gasteiger partial charge in [0.25, 0.3) is 0 Å². The van der Waals surface area contributed by atoms with Crippen molar-refractivity contribution >= 4 is 23.2 Å². The third-order valence-corrected chi connectivity index (χ3v) is 5.92. The standard InChI is InChI=1S/C22H23Cl2N3O2/c1-29-18-5-2-15(3-6-18)11-26-9-8-21-20(13-26)25-22(14-28)27(21)12-16-10-17(23)4-7-19(16)24/h2-7,10,28H,8-9,11-14H2,1H3. The van der Waals surface area contributed by atoms with E-state index in [1.54, 1.807) is 19.2 Å². The van der Waals surface area contributed by atoms with Crippen LogP contribution in [0, 0.1) is 0 Å². The Balaban J connectivity index is 1.54. The zero-order valence-corrected chi connectivity index (χ0v) is 17.7. The van der Waals surface area contributed by atoms with Gasteiger partial charge < -0.3 is 14.4 Å². The first kappa shape index (κ1) is 20.2. The molecule has 4 rings (SSSR count). The van der Waals surface area contributed by atoms with Crippen LogP contribution >= 0.6 is 23.2 Å². The van der Waals surface area contributed by atoms with Crippen molar-refractivity contribution in [1.29, 1.82) is 0 Å². The first-order valence-electron chi connectivity index (χ1n) is 9.54. The van der Waals surface area contributed by atoms with E-state index in [-0.39, 0.29) is 6.61 Å². The molecule has 0 radical (unpaired) electrons. The lowest BCUT2D eigenvalue weighted by molar-refractivity contribution is 0.239. The van der Waals surface area contributed by atoms with Crippen LogP contribution in [0.3, 0.4) is 0 Å².